The first-order valence-electron chi connectivity index (χ1n) is 10.7. The predicted molar refractivity (Wildman–Crippen MR) is 120 cm³/mol. The van der Waals surface area contributed by atoms with Gasteiger partial charge < -0.3 is 20.3 Å². The summed E-state index contributed by atoms with van der Waals surface area (Å²) in [7, 11) is 0. The minimum Gasteiger partial charge on any atom is -0.493 e. The maximum absolute atomic E-state index is 12.7. The summed E-state index contributed by atoms with van der Waals surface area (Å²) in [6, 6.07) is 14.7. The lowest BCUT2D eigenvalue weighted by molar-refractivity contribution is -0.114. The standard InChI is InChI=1S/C24H31N3O3/c1-18(2)17-30-22-11-7-9-20(15-22)25-16-23(28)26-21-10-6-8-19(14-21)24(29)27-12-4-3-5-13-27/h6-11,14-15,18,25H,3-5,12-13,16-17H2,1-2H3,(H,26,28). The molecule has 3 rings (SSSR count). The fourth-order valence-electron chi connectivity index (χ4n) is 3.36. The maximum atomic E-state index is 12.7. The number of hydrogen-bond donors (Lipinski definition) is 2. The zero-order chi connectivity index (χ0) is 21.3. The normalized spacial score (nSPS) is 13.8. The van der Waals surface area contributed by atoms with Crippen LogP contribution in [0.2, 0.25) is 0 Å². The van der Waals surface area contributed by atoms with Crippen molar-refractivity contribution >= 4 is 23.2 Å². The van der Waals surface area contributed by atoms with Crippen LogP contribution < -0.4 is 15.4 Å². The van der Waals surface area contributed by atoms with Gasteiger partial charge in [0.15, 0.2) is 0 Å². The molecule has 0 bridgehead atoms. The molecular weight excluding hydrogens is 378 g/mol. The first kappa shape index (κ1) is 21.7. The van der Waals surface area contributed by atoms with Crippen molar-refractivity contribution < 1.29 is 14.3 Å². The Bertz CT molecular complexity index is 860. The number of piperidine rings is 1. The second-order valence-corrected chi connectivity index (χ2v) is 8.07. The smallest absolute Gasteiger partial charge is 0.253 e. The lowest BCUT2D eigenvalue weighted by atomic mass is 10.1. The highest BCUT2D eigenvalue weighted by atomic mass is 16.5. The Hall–Kier alpha value is -3.02. The van der Waals surface area contributed by atoms with Crippen molar-refractivity contribution in [1.29, 1.82) is 0 Å². The second kappa shape index (κ2) is 10.7. The number of carbonyl (C=O) groups excluding carboxylic acids is 2. The summed E-state index contributed by atoms with van der Waals surface area (Å²) in [6.45, 7) is 6.58. The van der Waals surface area contributed by atoms with E-state index >= 15 is 0 Å². The Balaban J connectivity index is 1.52. The van der Waals surface area contributed by atoms with E-state index in [9.17, 15) is 9.59 Å². The monoisotopic (exact) mass is 409 g/mol. The first-order valence-corrected chi connectivity index (χ1v) is 10.7. The van der Waals surface area contributed by atoms with Crippen molar-refractivity contribution in [3.05, 3.63) is 54.1 Å². The molecule has 0 radical (unpaired) electrons. The van der Waals surface area contributed by atoms with Crippen LogP contribution in [-0.4, -0.2) is 43.0 Å². The van der Waals surface area contributed by atoms with Crippen LogP contribution in [0.3, 0.4) is 0 Å². The Kier molecular flexibility index (Phi) is 7.71. The zero-order valence-electron chi connectivity index (χ0n) is 17.8. The van der Waals surface area contributed by atoms with Crippen LogP contribution in [-0.2, 0) is 4.79 Å². The quantitative estimate of drug-likeness (QED) is 0.678. The third-order valence-electron chi connectivity index (χ3n) is 4.91. The lowest BCUT2D eigenvalue weighted by Crippen LogP contribution is -2.35. The number of ether oxygens (including phenoxy) is 1. The van der Waals surface area contributed by atoms with Gasteiger partial charge >= 0.3 is 0 Å². The molecule has 2 amide bonds. The van der Waals surface area contributed by atoms with E-state index in [1.54, 1.807) is 24.3 Å². The van der Waals surface area contributed by atoms with Crippen molar-refractivity contribution in [2.45, 2.75) is 33.1 Å². The summed E-state index contributed by atoms with van der Waals surface area (Å²) in [6.07, 6.45) is 3.29. The number of likely N-dealkylation sites (tertiary alicyclic amines) is 1. The van der Waals surface area contributed by atoms with E-state index < -0.39 is 0 Å². The molecule has 2 aromatic carbocycles. The van der Waals surface area contributed by atoms with Crippen LogP contribution >= 0.6 is 0 Å². The third-order valence-corrected chi connectivity index (χ3v) is 4.91. The number of carbonyl (C=O) groups is 2. The van der Waals surface area contributed by atoms with Crippen molar-refractivity contribution in [3.8, 4) is 5.75 Å². The van der Waals surface area contributed by atoms with Crippen molar-refractivity contribution in [1.82, 2.24) is 4.90 Å². The number of nitrogens with zero attached hydrogens (tertiary/aromatic N) is 1. The molecule has 1 saturated heterocycles. The fraction of sp³-hybridized carbons (Fsp3) is 0.417. The summed E-state index contributed by atoms with van der Waals surface area (Å²) < 4.78 is 5.72. The Labute approximate surface area is 178 Å². The van der Waals surface area contributed by atoms with Crippen molar-refractivity contribution in [3.63, 3.8) is 0 Å². The number of rotatable bonds is 8. The Morgan fingerprint density at radius 1 is 1.00 bits per heavy atom. The highest BCUT2D eigenvalue weighted by Crippen LogP contribution is 2.19. The molecule has 0 unspecified atom stereocenters. The molecule has 2 aromatic rings. The predicted octanol–water partition coefficient (Wildman–Crippen LogP) is 4.40. The molecule has 0 aliphatic carbocycles. The molecule has 1 fully saturated rings. The van der Waals surface area contributed by atoms with E-state index in [1.165, 1.54) is 6.42 Å². The molecule has 1 aliphatic heterocycles. The molecule has 160 valence electrons. The van der Waals surface area contributed by atoms with Gasteiger partial charge in [0.2, 0.25) is 5.91 Å². The molecule has 6 heteroatoms. The van der Waals surface area contributed by atoms with E-state index in [4.69, 9.17) is 4.74 Å². The van der Waals surface area contributed by atoms with Crippen LogP contribution in [0.15, 0.2) is 48.5 Å². The number of hydrogen-bond acceptors (Lipinski definition) is 4. The molecule has 1 aliphatic rings. The molecule has 6 nitrogen and oxygen atoms in total. The van der Waals surface area contributed by atoms with Crippen molar-refractivity contribution in [2.75, 3.05) is 36.9 Å². The largest absolute Gasteiger partial charge is 0.493 e. The topological polar surface area (TPSA) is 70.7 Å². The minimum absolute atomic E-state index is 0.0298. The highest BCUT2D eigenvalue weighted by Gasteiger charge is 2.18. The van der Waals surface area contributed by atoms with E-state index in [0.29, 0.717) is 23.8 Å². The van der Waals surface area contributed by atoms with Gasteiger partial charge in [0, 0.05) is 36.1 Å². The zero-order valence-corrected chi connectivity index (χ0v) is 17.8. The Morgan fingerprint density at radius 2 is 1.73 bits per heavy atom. The summed E-state index contributed by atoms with van der Waals surface area (Å²) in [4.78, 5) is 26.9. The lowest BCUT2D eigenvalue weighted by Gasteiger charge is -2.26. The van der Waals surface area contributed by atoms with Gasteiger partial charge in [-0.3, -0.25) is 9.59 Å². The summed E-state index contributed by atoms with van der Waals surface area (Å²) >= 11 is 0. The van der Waals surface area contributed by atoms with Crippen molar-refractivity contribution in [2.24, 2.45) is 5.92 Å². The van der Waals surface area contributed by atoms with Gasteiger partial charge in [-0.1, -0.05) is 26.0 Å². The number of amides is 2. The summed E-state index contributed by atoms with van der Waals surface area (Å²) in [5, 5.41) is 5.98. The molecule has 2 N–H and O–H groups in total. The first-order chi connectivity index (χ1) is 14.5. The molecule has 1 heterocycles. The van der Waals surface area contributed by atoms with Crippen LogP contribution in [0.4, 0.5) is 11.4 Å². The van der Waals surface area contributed by atoms with Crippen LogP contribution in [0.1, 0.15) is 43.5 Å². The summed E-state index contributed by atoms with van der Waals surface area (Å²) in [5.41, 5.74) is 2.05. The van der Waals surface area contributed by atoms with Crippen LogP contribution in [0.5, 0.6) is 5.75 Å². The average molecular weight is 410 g/mol. The molecular formula is C24H31N3O3. The van der Waals surface area contributed by atoms with Gasteiger partial charge in [0.25, 0.3) is 5.91 Å². The van der Waals surface area contributed by atoms with Gasteiger partial charge in [-0.05, 0) is 55.5 Å². The average Bonchev–Trinajstić information content (AvgIpc) is 2.77. The number of nitrogens with one attached hydrogen (secondary N) is 2. The van der Waals surface area contributed by atoms with Gasteiger partial charge in [0.05, 0.1) is 13.2 Å². The SMILES string of the molecule is CC(C)COc1cccc(NCC(=O)Nc2cccc(C(=O)N3CCCCC3)c2)c1. The number of anilines is 2. The molecule has 0 spiro atoms. The van der Waals surface area contributed by atoms with E-state index in [2.05, 4.69) is 24.5 Å². The highest BCUT2D eigenvalue weighted by molar-refractivity contribution is 5.98. The number of benzene rings is 2. The van der Waals surface area contributed by atoms with Crippen LogP contribution in [0, 0.1) is 5.92 Å². The second-order valence-electron chi connectivity index (χ2n) is 8.07. The minimum atomic E-state index is -0.175. The Morgan fingerprint density at radius 3 is 2.50 bits per heavy atom. The van der Waals surface area contributed by atoms with Gasteiger partial charge in [0.1, 0.15) is 5.75 Å². The van der Waals surface area contributed by atoms with Gasteiger partial charge in [-0.15, -0.1) is 0 Å². The van der Waals surface area contributed by atoms with Gasteiger partial charge in [-0.2, -0.15) is 0 Å². The molecule has 0 atom stereocenters. The van der Waals surface area contributed by atoms with E-state index in [-0.39, 0.29) is 18.4 Å². The van der Waals surface area contributed by atoms with E-state index in [0.717, 1.165) is 37.4 Å². The molecule has 0 aromatic heterocycles. The molecule has 30 heavy (non-hydrogen) atoms. The summed E-state index contributed by atoms with van der Waals surface area (Å²) in [5.74, 6) is 1.08. The maximum Gasteiger partial charge on any atom is 0.253 e. The van der Waals surface area contributed by atoms with Crippen LogP contribution in [0.25, 0.3) is 0 Å². The third kappa shape index (κ3) is 6.51. The molecule has 0 saturated carbocycles. The van der Waals surface area contributed by atoms with E-state index in [1.807, 2.05) is 29.2 Å². The van der Waals surface area contributed by atoms with Gasteiger partial charge in [-0.25, -0.2) is 0 Å². The fourth-order valence-corrected chi connectivity index (χ4v) is 3.36.